The summed E-state index contributed by atoms with van der Waals surface area (Å²) in [5.41, 5.74) is 2.55. The molecule has 0 bridgehead atoms. The van der Waals surface area contributed by atoms with Crippen molar-refractivity contribution in [2.75, 3.05) is 32.7 Å². The second-order valence-electron chi connectivity index (χ2n) is 7.93. The molecule has 2 aromatic carbocycles. The predicted molar refractivity (Wildman–Crippen MR) is 154 cm³/mol. The lowest BCUT2D eigenvalue weighted by Gasteiger charge is -2.12. The lowest BCUT2D eigenvalue weighted by Crippen LogP contribution is -2.22. The van der Waals surface area contributed by atoms with Gasteiger partial charge in [0.2, 0.25) is 0 Å². The molecule has 1 N–H and O–H groups in total. The molecule has 196 valence electrons. The van der Waals surface area contributed by atoms with Crippen LogP contribution in [0.4, 0.5) is 5.00 Å². The summed E-state index contributed by atoms with van der Waals surface area (Å²) in [6.07, 6.45) is 1.72. The fourth-order valence-corrected chi connectivity index (χ4v) is 5.74. The molecule has 0 unspecified atom stereocenters. The minimum Gasteiger partial charge on any atom is -0.493 e. The van der Waals surface area contributed by atoms with Crippen molar-refractivity contribution in [3.8, 4) is 22.6 Å². The maximum absolute atomic E-state index is 12.8. The second-order valence-corrected chi connectivity index (χ2v) is 10.5. The first-order valence-electron chi connectivity index (χ1n) is 11.5. The summed E-state index contributed by atoms with van der Waals surface area (Å²) in [5, 5.41) is 4.96. The number of thioether (sulfide) groups is 1. The maximum atomic E-state index is 12.8. The number of carbonyl (C=O) groups excluding carboxylic acids is 3. The molecule has 1 fully saturated rings. The number of thiophene rings is 1. The number of carbonyl (C=O) groups is 3. The lowest BCUT2D eigenvalue weighted by atomic mass is 10.0. The number of esters is 1. The van der Waals surface area contributed by atoms with Crippen molar-refractivity contribution in [3.63, 3.8) is 0 Å². The van der Waals surface area contributed by atoms with Gasteiger partial charge in [-0.25, -0.2) is 4.79 Å². The van der Waals surface area contributed by atoms with Gasteiger partial charge in [-0.2, -0.15) is 0 Å². The van der Waals surface area contributed by atoms with Gasteiger partial charge in [-0.1, -0.05) is 60.4 Å². The molecule has 2 heterocycles. The first kappa shape index (κ1) is 27.4. The highest BCUT2D eigenvalue weighted by molar-refractivity contribution is 8.26. The quantitative estimate of drug-likeness (QED) is 0.207. The smallest absolute Gasteiger partial charge is 0.341 e. The molecule has 8 nitrogen and oxygen atoms in total. The number of anilines is 1. The van der Waals surface area contributed by atoms with E-state index in [9.17, 15) is 14.4 Å². The molecule has 1 saturated heterocycles. The van der Waals surface area contributed by atoms with E-state index >= 15 is 0 Å². The van der Waals surface area contributed by atoms with E-state index in [0.29, 0.717) is 36.9 Å². The largest absolute Gasteiger partial charge is 0.493 e. The Bertz CT molecular complexity index is 1420. The van der Waals surface area contributed by atoms with Gasteiger partial charge in [0.1, 0.15) is 14.9 Å². The zero-order valence-corrected chi connectivity index (χ0v) is 23.3. The molecule has 0 saturated carbocycles. The van der Waals surface area contributed by atoms with Crippen LogP contribution >= 0.6 is 35.3 Å². The van der Waals surface area contributed by atoms with E-state index in [-0.39, 0.29) is 19.1 Å². The predicted octanol–water partition coefficient (Wildman–Crippen LogP) is 5.45. The highest BCUT2D eigenvalue weighted by Gasteiger charge is 2.28. The minimum absolute atomic E-state index is 0.165. The maximum Gasteiger partial charge on any atom is 0.341 e. The molecule has 2 amide bonds. The van der Waals surface area contributed by atoms with Crippen LogP contribution in [0.5, 0.6) is 11.5 Å². The zero-order valence-electron chi connectivity index (χ0n) is 20.8. The summed E-state index contributed by atoms with van der Waals surface area (Å²) in [6, 6.07) is 14.5. The Kier molecular flexibility index (Phi) is 8.82. The number of amides is 2. The average Bonchev–Trinajstić information content (AvgIpc) is 3.44. The Morgan fingerprint density at radius 1 is 1.13 bits per heavy atom. The number of nitrogens with zero attached hydrogens (tertiary/aromatic N) is 1. The van der Waals surface area contributed by atoms with E-state index in [0.717, 1.165) is 11.1 Å². The normalized spacial score (nSPS) is 14.1. The summed E-state index contributed by atoms with van der Waals surface area (Å²) < 4.78 is 16.9. The number of hydrogen-bond acceptors (Lipinski definition) is 9. The van der Waals surface area contributed by atoms with E-state index in [1.54, 1.807) is 38.2 Å². The summed E-state index contributed by atoms with van der Waals surface area (Å²) >= 11 is 7.63. The van der Waals surface area contributed by atoms with Gasteiger partial charge in [0.15, 0.2) is 18.1 Å². The Labute approximate surface area is 233 Å². The number of methoxy groups -OCH3 is 1. The molecule has 0 spiro atoms. The van der Waals surface area contributed by atoms with Crippen LogP contribution in [-0.4, -0.2) is 54.4 Å². The molecular formula is C27H24N2O6S3. The van der Waals surface area contributed by atoms with E-state index < -0.39 is 11.9 Å². The van der Waals surface area contributed by atoms with Gasteiger partial charge in [0.05, 0.1) is 18.6 Å². The molecule has 1 aliphatic rings. The van der Waals surface area contributed by atoms with Gasteiger partial charge in [-0.05, 0) is 36.3 Å². The molecule has 4 rings (SSSR count). The lowest BCUT2D eigenvalue weighted by molar-refractivity contribution is -0.121. The van der Waals surface area contributed by atoms with Gasteiger partial charge in [-0.3, -0.25) is 14.5 Å². The van der Waals surface area contributed by atoms with E-state index in [2.05, 4.69) is 5.32 Å². The van der Waals surface area contributed by atoms with Crippen LogP contribution < -0.4 is 14.8 Å². The number of ether oxygens (including phenoxy) is 3. The summed E-state index contributed by atoms with van der Waals surface area (Å²) in [6.45, 7) is 1.62. The summed E-state index contributed by atoms with van der Waals surface area (Å²) in [4.78, 5) is 39.7. The van der Waals surface area contributed by atoms with Crippen molar-refractivity contribution in [3.05, 3.63) is 69.9 Å². The molecular weight excluding hydrogens is 545 g/mol. The molecule has 1 aliphatic heterocycles. The first-order valence-corrected chi connectivity index (χ1v) is 13.6. The number of benzene rings is 2. The number of thiocarbonyl (C=S) groups is 1. The van der Waals surface area contributed by atoms with Crippen molar-refractivity contribution < 1.29 is 28.6 Å². The topological polar surface area (TPSA) is 94.2 Å². The van der Waals surface area contributed by atoms with Gasteiger partial charge in [0, 0.05) is 18.0 Å². The van der Waals surface area contributed by atoms with Crippen LogP contribution in [0.15, 0.2) is 58.8 Å². The number of hydrogen-bond donors (Lipinski definition) is 1. The zero-order chi connectivity index (χ0) is 27.2. The van der Waals surface area contributed by atoms with Gasteiger partial charge >= 0.3 is 5.97 Å². The summed E-state index contributed by atoms with van der Waals surface area (Å²) in [7, 11) is 3.12. The molecule has 11 heteroatoms. The van der Waals surface area contributed by atoms with Crippen molar-refractivity contribution in [1.29, 1.82) is 0 Å². The SMILES string of the molecule is CCOC(=O)c1c(-c2ccccc2)csc1NC(=O)COc1ccc(/C=C2\SC(=S)N(C)C2=O)cc1OC. The number of likely N-dealkylation sites (N-methyl/N-ethyl adjacent to an activating group) is 1. The Morgan fingerprint density at radius 2 is 1.89 bits per heavy atom. The monoisotopic (exact) mass is 568 g/mol. The van der Waals surface area contributed by atoms with Crippen LogP contribution in [-0.2, 0) is 14.3 Å². The fourth-order valence-electron chi connectivity index (χ4n) is 3.58. The molecule has 3 aromatic rings. The molecule has 1 aromatic heterocycles. The third-order valence-electron chi connectivity index (χ3n) is 5.44. The van der Waals surface area contributed by atoms with E-state index in [1.807, 2.05) is 35.7 Å². The van der Waals surface area contributed by atoms with Crippen LogP contribution in [0.1, 0.15) is 22.8 Å². The van der Waals surface area contributed by atoms with E-state index in [4.69, 9.17) is 26.4 Å². The molecule has 0 atom stereocenters. The van der Waals surface area contributed by atoms with Gasteiger partial charge in [-0.15, -0.1) is 11.3 Å². The Hall–Kier alpha value is -3.67. The average molecular weight is 569 g/mol. The Morgan fingerprint density at radius 3 is 2.55 bits per heavy atom. The standard InChI is InChI=1S/C27H24N2O6S3/c1-4-34-26(32)23-18(17-8-6-5-7-9-17)15-37-24(23)28-22(30)14-35-19-11-10-16(12-20(19)33-3)13-21-25(31)29(2)27(36)38-21/h5-13,15H,4,14H2,1-3H3,(H,28,30)/b21-13-. The summed E-state index contributed by atoms with van der Waals surface area (Å²) in [5.74, 6) is -0.379. The molecule has 0 radical (unpaired) electrons. The third kappa shape index (κ3) is 6.07. The highest BCUT2D eigenvalue weighted by Crippen LogP contribution is 2.37. The van der Waals surface area contributed by atoms with Gasteiger partial charge in [0.25, 0.3) is 11.8 Å². The fraction of sp³-hybridized carbons (Fsp3) is 0.185. The first-order chi connectivity index (χ1) is 18.3. The van der Waals surface area contributed by atoms with E-state index in [1.165, 1.54) is 35.1 Å². The second kappa shape index (κ2) is 12.2. The molecule has 0 aliphatic carbocycles. The number of nitrogens with one attached hydrogen (secondary N) is 1. The highest BCUT2D eigenvalue weighted by atomic mass is 32.2. The Balaban J connectivity index is 1.47. The van der Waals surface area contributed by atoms with Crippen LogP contribution in [0.3, 0.4) is 0 Å². The number of rotatable bonds is 9. The van der Waals surface area contributed by atoms with Crippen LogP contribution in [0, 0.1) is 0 Å². The van der Waals surface area contributed by atoms with Gasteiger partial charge < -0.3 is 19.5 Å². The molecule has 38 heavy (non-hydrogen) atoms. The van der Waals surface area contributed by atoms with Crippen molar-refractivity contribution >= 4 is 68.5 Å². The van der Waals surface area contributed by atoms with Crippen molar-refractivity contribution in [2.45, 2.75) is 6.92 Å². The van der Waals surface area contributed by atoms with Crippen molar-refractivity contribution in [1.82, 2.24) is 4.90 Å². The van der Waals surface area contributed by atoms with Crippen LogP contribution in [0.2, 0.25) is 0 Å². The minimum atomic E-state index is -0.513. The van der Waals surface area contributed by atoms with Crippen molar-refractivity contribution in [2.24, 2.45) is 0 Å². The van der Waals surface area contributed by atoms with Crippen LogP contribution in [0.25, 0.3) is 17.2 Å². The third-order valence-corrected chi connectivity index (χ3v) is 7.82.